The van der Waals surface area contributed by atoms with Gasteiger partial charge in [-0.3, -0.25) is 4.79 Å². The maximum atomic E-state index is 13.0. The molecule has 1 amide bonds. The summed E-state index contributed by atoms with van der Waals surface area (Å²) in [7, 11) is 0. The Balaban J connectivity index is 1.72. The van der Waals surface area contributed by atoms with Gasteiger partial charge in [-0.25, -0.2) is 0 Å². The van der Waals surface area contributed by atoms with Crippen LogP contribution in [0.2, 0.25) is 0 Å². The maximum Gasteiger partial charge on any atom is 0.258 e. The molecule has 1 saturated carbocycles. The summed E-state index contributed by atoms with van der Waals surface area (Å²) >= 11 is 0. The average molecular weight is 320 g/mol. The summed E-state index contributed by atoms with van der Waals surface area (Å²) in [5.41, 5.74) is 4.32. The molecule has 2 aliphatic rings. The van der Waals surface area contributed by atoms with Gasteiger partial charge in [0, 0.05) is 11.7 Å². The molecule has 1 unspecified atom stereocenters. The van der Waals surface area contributed by atoms with E-state index in [1.165, 1.54) is 5.56 Å². The Morgan fingerprint density at radius 3 is 2.29 bits per heavy atom. The van der Waals surface area contributed by atoms with Crippen LogP contribution in [0, 0.1) is 0 Å². The summed E-state index contributed by atoms with van der Waals surface area (Å²) in [5.74, 6) is 0.150. The van der Waals surface area contributed by atoms with E-state index in [4.69, 9.17) is 0 Å². The maximum absolute atomic E-state index is 13.0. The number of nitrogens with zero attached hydrogens (tertiary/aromatic N) is 1. The molecule has 3 nitrogen and oxygen atoms in total. The molecule has 1 atom stereocenters. The molecule has 1 heterocycles. The van der Waals surface area contributed by atoms with Crippen LogP contribution in [0.25, 0.3) is 0 Å². The van der Waals surface area contributed by atoms with Crippen LogP contribution >= 0.6 is 0 Å². The van der Waals surface area contributed by atoms with Gasteiger partial charge in [0.05, 0.1) is 5.56 Å². The van der Waals surface area contributed by atoms with E-state index in [0.717, 1.165) is 29.7 Å². The lowest BCUT2D eigenvalue weighted by Gasteiger charge is -2.38. The molecule has 0 bridgehead atoms. The molecule has 0 spiro atoms. The van der Waals surface area contributed by atoms with E-state index >= 15 is 0 Å². The van der Waals surface area contributed by atoms with Gasteiger partial charge in [0.15, 0.2) is 0 Å². The topological polar surface area (TPSA) is 32.3 Å². The minimum Gasteiger partial charge on any atom is -0.361 e. The predicted molar refractivity (Wildman–Crippen MR) is 97.1 cm³/mol. The lowest BCUT2D eigenvalue weighted by atomic mass is 9.86. The van der Waals surface area contributed by atoms with Gasteiger partial charge in [0.25, 0.3) is 5.91 Å². The number of hydrogen-bond donors (Lipinski definition) is 1. The van der Waals surface area contributed by atoms with Crippen molar-refractivity contribution < 1.29 is 4.79 Å². The highest BCUT2D eigenvalue weighted by molar-refractivity contribution is 6.02. The first-order chi connectivity index (χ1) is 11.4. The Bertz CT molecular complexity index is 769. The quantitative estimate of drug-likeness (QED) is 0.869. The van der Waals surface area contributed by atoms with E-state index in [0.29, 0.717) is 6.04 Å². The van der Waals surface area contributed by atoms with Crippen LogP contribution in [0.3, 0.4) is 0 Å². The third-order valence-electron chi connectivity index (χ3n) is 5.00. The SMILES string of the molecule is CC(C)(C)c1ccc(C2Nc3ccccc3C(=O)N2C2CC2)cc1. The van der Waals surface area contributed by atoms with E-state index in [2.05, 4.69) is 50.4 Å². The summed E-state index contributed by atoms with van der Waals surface area (Å²) in [6, 6.07) is 16.9. The summed E-state index contributed by atoms with van der Waals surface area (Å²) < 4.78 is 0. The lowest BCUT2D eigenvalue weighted by Crippen LogP contribution is -2.44. The normalized spacial score (nSPS) is 20.5. The number of fused-ring (bicyclic) bond motifs is 1. The van der Waals surface area contributed by atoms with Crippen LogP contribution in [-0.2, 0) is 5.41 Å². The monoisotopic (exact) mass is 320 g/mol. The van der Waals surface area contributed by atoms with Gasteiger partial charge in [-0.1, -0.05) is 57.2 Å². The largest absolute Gasteiger partial charge is 0.361 e. The number of carbonyl (C=O) groups excluding carboxylic acids is 1. The smallest absolute Gasteiger partial charge is 0.258 e. The average Bonchev–Trinajstić information content (AvgIpc) is 3.39. The van der Waals surface area contributed by atoms with Gasteiger partial charge in [-0.15, -0.1) is 0 Å². The molecule has 1 aliphatic carbocycles. The molecule has 24 heavy (non-hydrogen) atoms. The molecule has 1 fully saturated rings. The Labute approximate surface area is 143 Å². The fourth-order valence-electron chi connectivity index (χ4n) is 3.41. The third-order valence-corrected chi connectivity index (χ3v) is 5.00. The number of benzene rings is 2. The molecule has 4 rings (SSSR count). The van der Waals surface area contributed by atoms with Crippen molar-refractivity contribution in [3.8, 4) is 0 Å². The summed E-state index contributed by atoms with van der Waals surface area (Å²) in [4.78, 5) is 15.0. The molecule has 0 radical (unpaired) electrons. The summed E-state index contributed by atoms with van der Waals surface area (Å²) in [5, 5.41) is 3.58. The summed E-state index contributed by atoms with van der Waals surface area (Å²) in [6.07, 6.45) is 2.13. The van der Waals surface area contributed by atoms with Crippen LogP contribution in [0.5, 0.6) is 0 Å². The molecule has 0 saturated heterocycles. The summed E-state index contributed by atoms with van der Waals surface area (Å²) in [6.45, 7) is 6.66. The second-order valence-corrected chi connectivity index (χ2v) is 7.91. The van der Waals surface area contributed by atoms with Crippen molar-refractivity contribution in [1.82, 2.24) is 4.90 Å². The molecule has 2 aromatic carbocycles. The first-order valence-electron chi connectivity index (χ1n) is 8.74. The first kappa shape index (κ1) is 15.3. The van der Waals surface area contributed by atoms with Gasteiger partial charge in [-0.05, 0) is 41.5 Å². The highest BCUT2D eigenvalue weighted by Crippen LogP contribution is 2.40. The van der Waals surface area contributed by atoms with E-state index in [9.17, 15) is 4.79 Å². The van der Waals surface area contributed by atoms with Crippen molar-refractivity contribution in [2.24, 2.45) is 0 Å². The van der Waals surface area contributed by atoms with E-state index in [1.807, 2.05) is 29.2 Å². The van der Waals surface area contributed by atoms with Gasteiger partial charge in [0.2, 0.25) is 0 Å². The minimum atomic E-state index is -0.0751. The Kier molecular flexibility index (Phi) is 3.41. The highest BCUT2D eigenvalue weighted by Gasteiger charge is 2.41. The third kappa shape index (κ3) is 2.58. The molecule has 0 aromatic heterocycles. The zero-order valence-electron chi connectivity index (χ0n) is 14.5. The highest BCUT2D eigenvalue weighted by atomic mass is 16.2. The number of para-hydroxylation sites is 1. The van der Waals surface area contributed by atoms with Crippen LogP contribution in [-0.4, -0.2) is 16.8 Å². The minimum absolute atomic E-state index is 0.0751. The zero-order chi connectivity index (χ0) is 16.9. The van der Waals surface area contributed by atoms with Crippen molar-refractivity contribution in [2.45, 2.75) is 51.2 Å². The van der Waals surface area contributed by atoms with Crippen LogP contribution < -0.4 is 5.32 Å². The Morgan fingerprint density at radius 1 is 1.00 bits per heavy atom. The van der Waals surface area contributed by atoms with E-state index in [1.54, 1.807) is 0 Å². The second kappa shape index (κ2) is 5.37. The van der Waals surface area contributed by atoms with Gasteiger partial charge < -0.3 is 10.2 Å². The van der Waals surface area contributed by atoms with Gasteiger partial charge >= 0.3 is 0 Å². The van der Waals surface area contributed by atoms with Gasteiger partial charge in [-0.2, -0.15) is 0 Å². The molecule has 3 heteroatoms. The van der Waals surface area contributed by atoms with Crippen molar-refractivity contribution in [3.05, 3.63) is 65.2 Å². The van der Waals surface area contributed by atoms with Crippen LogP contribution in [0.1, 0.15) is 61.3 Å². The van der Waals surface area contributed by atoms with E-state index in [-0.39, 0.29) is 17.5 Å². The second-order valence-electron chi connectivity index (χ2n) is 7.91. The molecule has 124 valence electrons. The fourth-order valence-corrected chi connectivity index (χ4v) is 3.41. The van der Waals surface area contributed by atoms with Crippen molar-refractivity contribution in [2.75, 3.05) is 5.32 Å². The number of anilines is 1. The van der Waals surface area contributed by atoms with E-state index < -0.39 is 0 Å². The number of amides is 1. The molecule has 2 aromatic rings. The number of nitrogens with one attached hydrogen (secondary N) is 1. The number of hydrogen-bond acceptors (Lipinski definition) is 2. The standard InChI is InChI=1S/C21H24N2O/c1-21(2,3)15-10-8-14(9-11-15)19-22-18-7-5-4-6-17(18)20(24)23(19)16-12-13-16/h4-11,16,19,22H,12-13H2,1-3H3. The number of carbonyl (C=O) groups is 1. The Hall–Kier alpha value is -2.29. The molecule has 1 aliphatic heterocycles. The fraction of sp³-hybridized carbons (Fsp3) is 0.381. The zero-order valence-corrected chi connectivity index (χ0v) is 14.5. The predicted octanol–water partition coefficient (Wildman–Crippen LogP) is 4.71. The van der Waals surface area contributed by atoms with Crippen LogP contribution in [0.15, 0.2) is 48.5 Å². The van der Waals surface area contributed by atoms with Gasteiger partial charge in [0.1, 0.15) is 6.17 Å². The van der Waals surface area contributed by atoms with Crippen molar-refractivity contribution in [1.29, 1.82) is 0 Å². The Morgan fingerprint density at radius 2 is 1.67 bits per heavy atom. The number of rotatable bonds is 2. The molecule has 1 N–H and O–H groups in total. The van der Waals surface area contributed by atoms with Crippen LogP contribution in [0.4, 0.5) is 5.69 Å². The lowest BCUT2D eigenvalue weighted by molar-refractivity contribution is 0.0666. The molecular weight excluding hydrogens is 296 g/mol. The van der Waals surface area contributed by atoms with Crippen molar-refractivity contribution >= 4 is 11.6 Å². The first-order valence-corrected chi connectivity index (χ1v) is 8.74. The van der Waals surface area contributed by atoms with Crippen molar-refractivity contribution in [3.63, 3.8) is 0 Å². The molecular formula is C21H24N2O.